The molecule has 0 spiro atoms. The second kappa shape index (κ2) is 5.07. The van der Waals surface area contributed by atoms with E-state index in [0.717, 1.165) is 11.4 Å². The predicted octanol–water partition coefficient (Wildman–Crippen LogP) is 1.52. The Morgan fingerprint density at radius 1 is 1.27 bits per heavy atom. The highest BCUT2D eigenvalue weighted by molar-refractivity contribution is 5.27. The van der Waals surface area contributed by atoms with Crippen molar-refractivity contribution in [3.63, 3.8) is 0 Å². The Bertz CT molecular complexity index is 305. The van der Waals surface area contributed by atoms with Crippen LogP contribution in [-0.4, -0.2) is 27.7 Å². The van der Waals surface area contributed by atoms with Crippen LogP contribution in [0.25, 0.3) is 0 Å². The molecule has 4 nitrogen and oxygen atoms in total. The zero-order valence-corrected chi connectivity index (χ0v) is 9.78. The van der Waals surface area contributed by atoms with Crippen molar-refractivity contribution in [1.29, 1.82) is 0 Å². The number of aliphatic hydroxyl groups is 1. The Morgan fingerprint density at radius 3 is 2.27 bits per heavy atom. The standard InChI is InChI=1S/C11H19N3O/c1-7(2)10(15)6-12-11-13-8(3)5-9(4)14-11/h5,7,10,15H,6H2,1-4H3,(H,12,13,14). The Hall–Kier alpha value is -1.16. The van der Waals surface area contributed by atoms with Gasteiger partial charge in [0.25, 0.3) is 0 Å². The van der Waals surface area contributed by atoms with Gasteiger partial charge in [0.05, 0.1) is 6.10 Å². The predicted molar refractivity (Wildman–Crippen MR) is 60.8 cm³/mol. The average molecular weight is 209 g/mol. The molecule has 0 aliphatic rings. The summed E-state index contributed by atoms with van der Waals surface area (Å²) in [6.07, 6.45) is -0.366. The van der Waals surface area contributed by atoms with E-state index in [1.165, 1.54) is 0 Å². The Kier molecular flexibility index (Phi) is 4.03. The molecule has 0 radical (unpaired) electrons. The normalized spacial score (nSPS) is 12.9. The molecule has 0 amide bonds. The van der Waals surface area contributed by atoms with Crippen molar-refractivity contribution in [3.05, 3.63) is 17.5 Å². The third-order valence-corrected chi connectivity index (χ3v) is 2.22. The summed E-state index contributed by atoms with van der Waals surface area (Å²) in [6, 6.07) is 1.92. The van der Waals surface area contributed by atoms with E-state index in [1.54, 1.807) is 0 Å². The first-order valence-corrected chi connectivity index (χ1v) is 5.23. The number of hydrogen-bond donors (Lipinski definition) is 2. The fourth-order valence-electron chi connectivity index (χ4n) is 1.24. The maximum Gasteiger partial charge on any atom is 0.223 e. The Balaban J connectivity index is 2.57. The minimum absolute atomic E-state index is 0.239. The summed E-state index contributed by atoms with van der Waals surface area (Å²) >= 11 is 0. The molecule has 0 bridgehead atoms. The molecule has 0 aliphatic carbocycles. The van der Waals surface area contributed by atoms with Crippen LogP contribution in [0.4, 0.5) is 5.95 Å². The quantitative estimate of drug-likeness (QED) is 0.789. The summed E-state index contributed by atoms with van der Waals surface area (Å²) in [5.74, 6) is 0.829. The second-order valence-electron chi connectivity index (χ2n) is 4.17. The first kappa shape index (κ1) is 11.9. The van der Waals surface area contributed by atoms with Crippen LogP contribution in [-0.2, 0) is 0 Å². The number of hydrogen-bond acceptors (Lipinski definition) is 4. The van der Waals surface area contributed by atoms with Crippen molar-refractivity contribution in [2.24, 2.45) is 5.92 Å². The monoisotopic (exact) mass is 209 g/mol. The summed E-state index contributed by atoms with van der Waals surface area (Å²) in [5.41, 5.74) is 1.87. The molecule has 0 aliphatic heterocycles. The Morgan fingerprint density at radius 2 is 1.80 bits per heavy atom. The molecule has 0 fully saturated rings. The number of nitrogens with one attached hydrogen (secondary N) is 1. The fraction of sp³-hybridized carbons (Fsp3) is 0.636. The van der Waals surface area contributed by atoms with Gasteiger partial charge in [-0.3, -0.25) is 0 Å². The van der Waals surface area contributed by atoms with E-state index in [2.05, 4.69) is 15.3 Å². The van der Waals surface area contributed by atoms with Crippen molar-refractivity contribution in [2.75, 3.05) is 11.9 Å². The van der Waals surface area contributed by atoms with Gasteiger partial charge in [-0.05, 0) is 25.8 Å². The van der Waals surface area contributed by atoms with Gasteiger partial charge < -0.3 is 10.4 Å². The molecule has 84 valence electrons. The van der Waals surface area contributed by atoms with Crippen LogP contribution in [0.1, 0.15) is 25.2 Å². The molecule has 1 aromatic rings. The van der Waals surface area contributed by atoms with Crippen LogP contribution in [0, 0.1) is 19.8 Å². The number of aromatic nitrogens is 2. The SMILES string of the molecule is Cc1cc(C)nc(NCC(O)C(C)C)n1. The molecular formula is C11H19N3O. The summed E-state index contributed by atoms with van der Waals surface area (Å²) in [4.78, 5) is 8.46. The smallest absolute Gasteiger partial charge is 0.223 e. The summed E-state index contributed by atoms with van der Waals surface area (Å²) in [6.45, 7) is 8.31. The lowest BCUT2D eigenvalue weighted by Gasteiger charge is -2.15. The van der Waals surface area contributed by atoms with Gasteiger partial charge in [-0.1, -0.05) is 13.8 Å². The van der Waals surface area contributed by atoms with Crippen LogP contribution >= 0.6 is 0 Å². The highest BCUT2D eigenvalue weighted by Gasteiger charge is 2.09. The number of aryl methyl sites for hydroxylation is 2. The van der Waals surface area contributed by atoms with Gasteiger partial charge in [-0.25, -0.2) is 9.97 Å². The summed E-state index contributed by atoms with van der Waals surface area (Å²) in [5, 5.41) is 12.6. The zero-order valence-electron chi connectivity index (χ0n) is 9.78. The van der Waals surface area contributed by atoms with Crippen molar-refractivity contribution in [3.8, 4) is 0 Å². The van der Waals surface area contributed by atoms with E-state index in [0.29, 0.717) is 12.5 Å². The van der Waals surface area contributed by atoms with Gasteiger partial charge in [-0.15, -0.1) is 0 Å². The first-order valence-electron chi connectivity index (χ1n) is 5.23. The fourth-order valence-corrected chi connectivity index (χ4v) is 1.24. The summed E-state index contributed by atoms with van der Waals surface area (Å²) in [7, 11) is 0. The average Bonchev–Trinajstić information content (AvgIpc) is 2.12. The highest BCUT2D eigenvalue weighted by Crippen LogP contribution is 2.05. The lowest BCUT2D eigenvalue weighted by Crippen LogP contribution is -2.25. The van der Waals surface area contributed by atoms with E-state index < -0.39 is 0 Å². The van der Waals surface area contributed by atoms with E-state index in [4.69, 9.17) is 0 Å². The van der Waals surface area contributed by atoms with E-state index in [9.17, 15) is 5.11 Å². The molecule has 0 saturated heterocycles. The third-order valence-electron chi connectivity index (χ3n) is 2.22. The number of nitrogens with zero attached hydrogens (tertiary/aromatic N) is 2. The molecule has 0 aromatic carbocycles. The van der Waals surface area contributed by atoms with Gasteiger partial charge in [0.1, 0.15) is 0 Å². The van der Waals surface area contributed by atoms with Crippen molar-refractivity contribution in [2.45, 2.75) is 33.8 Å². The Labute approximate surface area is 90.8 Å². The van der Waals surface area contributed by atoms with E-state index in [-0.39, 0.29) is 12.0 Å². The number of anilines is 1. The molecule has 1 atom stereocenters. The zero-order chi connectivity index (χ0) is 11.4. The van der Waals surface area contributed by atoms with Crippen LogP contribution < -0.4 is 5.32 Å². The molecule has 2 N–H and O–H groups in total. The third kappa shape index (κ3) is 3.83. The maximum atomic E-state index is 9.61. The van der Waals surface area contributed by atoms with Crippen molar-refractivity contribution < 1.29 is 5.11 Å². The minimum Gasteiger partial charge on any atom is -0.391 e. The molecule has 4 heteroatoms. The molecule has 1 heterocycles. The van der Waals surface area contributed by atoms with Crippen LogP contribution in [0.5, 0.6) is 0 Å². The van der Waals surface area contributed by atoms with Gasteiger partial charge in [0.15, 0.2) is 0 Å². The molecule has 15 heavy (non-hydrogen) atoms. The molecular weight excluding hydrogens is 190 g/mol. The lowest BCUT2D eigenvalue weighted by atomic mass is 10.1. The second-order valence-corrected chi connectivity index (χ2v) is 4.17. The number of rotatable bonds is 4. The highest BCUT2D eigenvalue weighted by atomic mass is 16.3. The van der Waals surface area contributed by atoms with Gasteiger partial charge in [-0.2, -0.15) is 0 Å². The van der Waals surface area contributed by atoms with E-state index >= 15 is 0 Å². The maximum absolute atomic E-state index is 9.61. The molecule has 0 saturated carbocycles. The van der Waals surface area contributed by atoms with Gasteiger partial charge >= 0.3 is 0 Å². The largest absolute Gasteiger partial charge is 0.391 e. The van der Waals surface area contributed by atoms with Gasteiger partial charge in [0, 0.05) is 17.9 Å². The molecule has 1 unspecified atom stereocenters. The lowest BCUT2D eigenvalue weighted by molar-refractivity contribution is 0.137. The van der Waals surface area contributed by atoms with Crippen molar-refractivity contribution >= 4 is 5.95 Å². The van der Waals surface area contributed by atoms with Crippen LogP contribution in [0.2, 0.25) is 0 Å². The first-order chi connectivity index (χ1) is 6.99. The van der Waals surface area contributed by atoms with Crippen molar-refractivity contribution in [1.82, 2.24) is 9.97 Å². The topological polar surface area (TPSA) is 58.0 Å². The minimum atomic E-state index is -0.366. The number of aliphatic hydroxyl groups excluding tert-OH is 1. The molecule has 1 aromatic heterocycles. The van der Waals surface area contributed by atoms with Gasteiger partial charge in [0.2, 0.25) is 5.95 Å². The van der Waals surface area contributed by atoms with Crippen LogP contribution in [0.15, 0.2) is 6.07 Å². The summed E-state index contributed by atoms with van der Waals surface area (Å²) < 4.78 is 0. The van der Waals surface area contributed by atoms with Crippen LogP contribution in [0.3, 0.4) is 0 Å². The molecule has 1 rings (SSSR count). The van der Waals surface area contributed by atoms with E-state index in [1.807, 2.05) is 33.8 Å².